The lowest BCUT2D eigenvalue weighted by Gasteiger charge is -2.49. The standard InChI is InChI=1S/C15H26O12/c1-14(22-2)23-4-7-11(26-14)9(19)10(20)13(24-7)27-15(5-17)12(21)8(18)6(3-16)25-15/h6-13,16-21H,3-5H2,1-2H3/t6-,7-,8-,9-,10-,11-,12+,13-,14-,15+/m1/s1. The van der Waals surface area contributed by atoms with Gasteiger partial charge in [-0.05, 0) is 0 Å². The van der Waals surface area contributed by atoms with Crippen molar-refractivity contribution in [1.82, 2.24) is 0 Å². The van der Waals surface area contributed by atoms with Gasteiger partial charge in [-0.1, -0.05) is 0 Å². The van der Waals surface area contributed by atoms with E-state index in [4.69, 9.17) is 28.4 Å². The van der Waals surface area contributed by atoms with Crippen molar-refractivity contribution >= 4 is 0 Å². The Balaban J connectivity index is 1.75. The highest BCUT2D eigenvalue weighted by Crippen LogP contribution is 2.38. The Bertz CT molecular complexity index is 519. The molecule has 3 heterocycles. The van der Waals surface area contributed by atoms with Crippen LogP contribution in [0.1, 0.15) is 6.92 Å². The highest BCUT2D eigenvalue weighted by atomic mass is 16.9. The average Bonchev–Trinajstić information content (AvgIpc) is 2.91. The van der Waals surface area contributed by atoms with E-state index in [9.17, 15) is 30.6 Å². The summed E-state index contributed by atoms with van der Waals surface area (Å²) >= 11 is 0. The van der Waals surface area contributed by atoms with Crippen molar-refractivity contribution in [2.24, 2.45) is 0 Å². The fourth-order valence-corrected chi connectivity index (χ4v) is 3.37. The van der Waals surface area contributed by atoms with Crippen LogP contribution >= 0.6 is 0 Å². The van der Waals surface area contributed by atoms with Crippen LogP contribution in [-0.2, 0) is 28.4 Å². The average molecular weight is 398 g/mol. The molecule has 3 aliphatic heterocycles. The number of hydrogen-bond acceptors (Lipinski definition) is 12. The summed E-state index contributed by atoms with van der Waals surface area (Å²) in [7, 11) is 1.35. The molecule has 12 nitrogen and oxygen atoms in total. The van der Waals surface area contributed by atoms with E-state index in [1.165, 1.54) is 14.0 Å². The number of methoxy groups -OCH3 is 1. The maximum absolute atomic E-state index is 10.4. The third kappa shape index (κ3) is 3.61. The molecule has 12 heteroatoms. The van der Waals surface area contributed by atoms with E-state index in [-0.39, 0.29) is 6.61 Å². The van der Waals surface area contributed by atoms with E-state index >= 15 is 0 Å². The van der Waals surface area contributed by atoms with Crippen LogP contribution in [0.5, 0.6) is 0 Å². The molecule has 3 saturated heterocycles. The minimum absolute atomic E-state index is 0.0595. The van der Waals surface area contributed by atoms with Gasteiger partial charge in [0.15, 0.2) is 6.29 Å². The molecule has 3 fully saturated rings. The quantitative estimate of drug-likeness (QED) is 0.265. The van der Waals surface area contributed by atoms with Crippen LogP contribution in [0.3, 0.4) is 0 Å². The first kappa shape index (κ1) is 21.2. The second kappa shape index (κ2) is 7.74. The minimum Gasteiger partial charge on any atom is -0.394 e. The molecule has 10 atom stereocenters. The lowest BCUT2D eigenvalue weighted by Crippen LogP contribution is -2.67. The van der Waals surface area contributed by atoms with Gasteiger partial charge in [-0.2, -0.15) is 0 Å². The number of rotatable bonds is 5. The van der Waals surface area contributed by atoms with Gasteiger partial charge in [0.2, 0.25) is 5.79 Å². The van der Waals surface area contributed by atoms with Crippen molar-refractivity contribution < 1.29 is 59.1 Å². The normalized spacial score (nSPS) is 53.3. The maximum Gasteiger partial charge on any atom is 0.280 e. The maximum atomic E-state index is 10.4. The summed E-state index contributed by atoms with van der Waals surface area (Å²) in [6.07, 6.45) is -11.0. The van der Waals surface area contributed by atoms with Gasteiger partial charge >= 0.3 is 0 Å². The predicted octanol–water partition coefficient (Wildman–Crippen LogP) is -4.01. The van der Waals surface area contributed by atoms with Crippen LogP contribution < -0.4 is 0 Å². The molecule has 0 bridgehead atoms. The molecule has 3 aliphatic rings. The fraction of sp³-hybridized carbons (Fsp3) is 1.00. The summed E-state index contributed by atoms with van der Waals surface area (Å²) in [6.45, 7) is -0.115. The van der Waals surface area contributed by atoms with E-state index in [1.54, 1.807) is 0 Å². The van der Waals surface area contributed by atoms with Crippen molar-refractivity contribution in [1.29, 1.82) is 0 Å². The van der Waals surface area contributed by atoms with Gasteiger partial charge < -0.3 is 59.1 Å². The SMILES string of the molecule is CO[C@]1(C)OC[C@H]2O[C@H](O[C@]3(CO)O[C@H](CO)[C@@H](O)[C@@H]3O)[C@H](O)[C@@H](O)[C@@H]2O1. The highest BCUT2D eigenvalue weighted by Gasteiger charge is 2.59. The molecule has 27 heavy (non-hydrogen) atoms. The number of fused-ring (bicyclic) bond motifs is 1. The van der Waals surface area contributed by atoms with E-state index in [0.29, 0.717) is 0 Å². The molecule has 0 aromatic carbocycles. The Morgan fingerprint density at radius 3 is 2.30 bits per heavy atom. The van der Waals surface area contributed by atoms with Crippen LogP contribution in [0.2, 0.25) is 0 Å². The number of aliphatic hydroxyl groups excluding tert-OH is 6. The summed E-state index contributed by atoms with van der Waals surface area (Å²) in [6, 6.07) is 0. The van der Waals surface area contributed by atoms with Crippen LogP contribution in [-0.4, -0.2) is 118 Å². The molecule has 6 N–H and O–H groups in total. The van der Waals surface area contributed by atoms with Crippen molar-refractivity contribution in [2.75, 3.05) is 26.9 Å². The van der Waals surface area contributed by atoms with Crippen molar-refractivity contribution in [3.8, 4) is 0 Å². The number of ether oxygens (including phenoxy) is 6. The topological polar surface area (TPSA) is 177 Å². The Hall–Kier alpha value is -0.480. The third-order valence-electron chi connectivity index (χ3n) is 5.09. The molecular formula is C15H26O12. The van der Waals surface area contributed by atoms with Crippen LogP contribution in [0.15, 0.2) is 0 Å². The first-order chi connectivity index (χ1) is 12.7. The first-order valence-corrected chi connectivity index (χ1v) is 8.52. The fourth-order valence-electron chi connectivity index (χ4n) is 3.37. The van der Waals surface area contributed by atoms with Gasteiger partial charge in [-0.25, -0.2) is 0 Å². The van der Waals surface area contributed by atoms with Crippen LogP contribution in [0, 0.1) is 0 Å². The lowest BCUT2D eigenvalue weighted by atomic mass is 9.97. The largest absolute Gasteiger partial charge is 0.394 e. The Morgan fingerprint density at radius 2 is 1.74 bits per heavy atom. The zero-order valence-electron chi connectivity index (χ0n) is 14.9. The number of hydrogen-bond donors (Lipinski definition) is 6. The molecule has 0 aliphatic carbocycles. The van der Waals surface area contributed by atoms with Gasteiger partial charge in [-0.15, -0.1) is 0 Å². The van der Waals surface area contributed by atoms with E-state index in [1.807, 2.05) is 0 Å². The zero-order chi connectivity index (χ0) is 20.0. The van der Waals surface area contributed by atoms with Crippen molar-refractivity contribution in [3.63, 3.8) is 0 Å². The van der Waals surface area contributed by atoms with E-state index in [2.05, 4.69) is 0 Å². The van der Waals surface area contributed by atoms with Gasteiger partial charge in [-0.3, -0.25) is 0 Å². The van der Waals surface area contributed by atoms with Gasteiger partial charge in [0.1, 0.15) is 49.3 Å². The van der Waals surface area contributed by atoms with Gasteiger partial charge in [0.05, 0.1) is 13.2 Å². The van der Waals surface area contributed by atoms with E-state index < -0.39 is 74.0 Å². The number of aliphatic hydroxyl groups is 6. The molecule has 3 rings (SSSR count). The Labute approximate surface area is 154 Å². The molecule has 0 aromatic heterocycles. The molecule has 0 unspecified atom stereocenters. The summed E-state index contributed by atoms with van der Waals surface area (Å²) in [5.74, 6) is -3.59. The second-order valence-electron chi connectivity index (χ2n) is 6.85. The van der Waals surface area contributed by atoms with Gasteiger partial charge in [0, 0.05) is 14.0 Å². The van der Waals surface area contributed by atoms with Crippen molar-refractivity contribution in [2.45, 2.75) is 67.7 Å². The minimum atomic E-state index is -2.16. The van der Waals surface area contributed by atoms with Crippen LogP contribution in [0.4, 0.5) is 0 Å². The van der Waals surface area contributed by atoms with Crippen LogP contribution in [0.25, 0.3) is 0 Å². The molecule has 0 amide bonds. The monoisotopic (exact) mass is 398 g/mol. The molecule has 0 spiro atoms. The predicted molar refractivity (Wildman–Crippen MR) is 81.8 cm³/mol. The molecular weight excluding hydrogens is 372 g/mol. The summed E-state index contributed by atoms with van der Waals surface area (Å²) in [5.41, 5.74) is 0. The molecule has 0 saturated carbocycles. The highest BCUT2D eigenvalue weighted by molar-refractivity contribution is 4.99. The second-order valence-corrected chi connectivity index (χ2v) is 6.85. The Kier molecular flexibility index (Phi) is 6.09. The summed E-state index contributed by atoms with van der Waals surface area (Å²) < 4.78 is 32.3. The Morgan fingerprint density at radius 1 is 1.04 bits per heavy atom. The smallest absolute Gasteiger partial charge is 0.280 e. The summed E-state index contributed by atoms with van der Waals surface area (Å²) in [5, 5.41) is 59.8. The molecule has 158 valence electrons. The zero-order valence-corrected chi connectivity index (χ0v) is 14.9. The summed E-state index contributed by atoms with van der Waals surface area (Å²) in [4.78, 5) is 0. The van der Waals surface area contributed by atoms with Gasteiger partial charge in [0.25, 0.3) is 5.97 Å². The molecule has 0 radical (unpaired) electrons. The van der Waals surface area contributed by atoms with Crippen molar-refractivity contribution in [3.05, 3.63) is 0 Å². The lowest BCUT2D eigenvalue weighted by molar-refractivity contribution is -0.459. The first-order valence-electron chi connectivity index (χ1n) is 8.52. The molecule has 0 aromatic rings. The van der Waals surface area contributed by atoms with E-state index in [0.717, 1.165) is 0 Å². The third-order valence-corrected chi connectivity index (χ3v) is 5.09.